The Morgan fingerprint density at radius 3 is 2.52 bits per heavy atom. The minimum atomic E-state index is -0.584. The number of para-hydroxylation sites is 1. The highest BCUT2D eigenvalue weighted by atomic mass is 16.5. The Hall–Kier alpha value is -4.25. The van der Waals surface area contributed by atoms with E-state index in [0.717, 1.165) is 11.3 Å². The Labute approximate surface area is 192 Å². The molecule has 1 heterocycles. The van der Waals surface area contributed by atoms with Crippen molar-refractivity contribution >= 4 is 17.8 Å². The molecule has 0 aliphatic heterocycles. The summed E-state index contributed by atoms with van der Waals surface area (Å²) in [4.78, 5) is 12.4. The van der Waals surface area contributed by atoms with Crippen LogP contribution >= 0.6 is 0 Å². The smallest absolute Gasteiger partial charge is 0.267 e. The topological polar surface area (TPSA) is 107 Å². The molecule has 33 heavy (non-hydrogen) atoms. The van der Waals surface area contributed by atoms with Crippen molar-refractivity contribution in [1.29, 1.82) is 5.26 Å². The number of amides is 1. The second-order valence-corrected chi connectivity index (χ2v) is 7.17. The lowest BCUT2D eigenvalue weighted by atomic mass is 10.1. The van der Waals surface area contributed by atoms with E-state index >= 15 is 0 Å². The van der Waals surface area contributed by atoms with E-state index in [1.54, 1.807) is 31.2 Å². The van der Waals surface area contributed by atoms with Gasteiger partial charge in [0.05, 0.1) is 20.3 Å². The van der Waals surface area contributed by atoms with Crippen LogP contribution in [-0.4, -0.2) is 31.4 Å². The van der Waals surface area contributed by atoms with Crippen molar-refractivity contribution < 1.29 is 23.5 Å². The minimum Gasteiger partial charge on any atom is -0.493 e. The van der Waals surface area contributed by atoms with E-state index in [1.165, 1.54) is 13.2 Å². The second-order valence-electron chi connectivity index (χ2n) is 7.17. The third-order valence-corrected chi connectivity index (χ3v) is 4.63. The zero-order chi connectivity index (χ0) is 23.6. The maximum Gasteiger partial charge on any atom is 0.267 e. The molecular formula is C25H25N3O5. The van der Waals surface area contributed by atoms with Crippen LogP contribution < -0.4 is 19.5 Å². The Morgan fingerprint density at radius 1 is 1.09 bits per heavy atom. The number of anilines is 1. The average molecular weight is 447 g/mol. The van der Waals surface area contributed by atoms with Crippen molar-refractivity contribution in [3.05, 3.63) is 71.0 Å². The fourth-order valence-electron chi connectivity index (χ4n) is 2.96. The predicted molar refractivity (Wildman–Crippen MR) is 123 cm³/mol. The number of hydrogen-bond acceptors (Lipinski definition) is 7. The molecule has 0 saturated heterocycles. The standard InChI is InChI=1S/C25H25N3O5/c1-17-7-4-5-8-21(17)31-11-6-12-32-22-10-9-19(15-23(22)30-3)14-20(16-26)25(29)27-24-13-18(2)33-28-24/h4-5,7-10,13-15H,6,11-12H2,1-3H3,(H,27,28,29). The lowest BCUT2D eigenvalue weighted by Gasteiger charge is -2.12. The van der Waals surface area contributed by atoms with E-state index in [2.05, 4.69) is 10.5 Å². The predicted octanol–water partition coefficient (Wildman–Crippen LogP) is 4.69. The van der Waals surface area contributed by atoms with Gasteiger partial charge in [-0.3, -0.25) is 4.79 Å². The van der Waals surface area contributed by atoms with Crippen LogP contribution in [0.1, 0.15) is 23.3 Å². The van der Waals surface area contributed by atoms with Gasteiger partial charge in [0.25, 0.3) is 5.91 Å². The number of methoxy groups -OCH3 is 1. The van der Waals surface area contributed by atoms with Crippen LogP contribution in [0, 0.1) is 25.2 Å². The molecule has 3 rings (SSSR count). The fraction of sp³-hybridized carbons (Fsp3) is 0.240. The molecule has 0 aliphatic rings. The van der Waals surface area contributed by atoms with Gasteiger partial charge in [-0.05, 0) is 49.2 Å². The number of aryl methyl sites for hydroxylation is 2. The summed E-state index contributed by atoms with van der Waals surface area (Å²) < 4.78 is 21.9. The summed E-state index contributed by atoms with van der Waals surface area (Å²) in [6.07, 6.45) is 2.16. The summed E-state index contributed by atoms with van der Waals surface area (Å²) in [5.74, 6) is 2.13. The number of nitrogens with zero attached hydrogens (tertiary/aromatic N) is 2. The summed E-state index contributed by atoms with van der Waals surface area (Å²) in [5, 5.41) is 15.6. The molecule has 0 fully saturated rings. The van der Waals surface area contributed by atoms with Gasteiger partial charge in [-0.1, -0.05) is 29.4 Å². The highest BCUT2D eigenvalue weighted by molar-refractivity contribution is 6.09. The SMILES string of the molecule is COc1cc(C=C(C#N)C(=O)Nc2cc(C)on2)ccc1OCCCOc1ccccc1C. The Kier molecular flexibility index (Phi) is 8.08. The van der Waals surface area contributed by atoms with Crippen LogP contribution in [0.3, 0.4) is 0 Å². The van der Waals surface area contributed by atoms with Crippen LogP contribution in [0.15, 0.2) is 58.6 Å². The van der Waals surface area contributed by atoms with E-state index < -0.39 is 5.91 Å². The van der Waals surface area contributed by atoms with Gasteiger partial charge in [0, 0.05) is 12.5 Å². The number of ether oxygens (including phenoxy) is 3. The van der Waals surface area contributed by atoms with Crippen LogP contribution in [0.4, 0.5) is 5.82 Å². The van der Waals surface area contributed by atoms with Gasteiger partial charge in [-0.15, -0.1) is 0 Å². The molecule has 0 spiro atoms. The van der Waals surface area contributed by atoms with E-state index in [-0.39, 0.29) is 11.4 Å². The number of aromatic nitrogens is 1. The fourth-order valence-corrected chi connectivity index (χ4v) is 2.96. The van der Waals surface area contributed by atoms with Gasteiger partial charge in [0.1, 0.15) is 23.2 Å². The quantitative estimate of drug-likeness (QED) is 0.273. The highest BCUT2D eigenvalue weighted by Gasteiger charge is 2.13. The first-order chi connectivity index (χ1) is 16.0. The summed E-state index contributed by atoms with van der Waals surface area (Å²) in [6.45, 7) is 4.68. The number of nitrogens with one attached hydrogen (secondary N) is 1. The van der Waals surface area contributed by atoms with Gasteiger partial charge < -0.3 is 24.1 Å². The second kappa shape index (κ2) is 11.4. The first-order valence-corrected chi connectivity index (χ1v) is 10.4. The van der Waals surface area contributed by atoms with Crippen molar-refractivity contribution in [2.75, 3.05) is 25.6 Å². The number of carbonyl (C=O) groups excluding carboxylic acids is 1. The maximum atomic E-state index is 12.4. The molecule has 3 aromatic rings. The summed E-state index contributed by atoms with van der Waals surface area (Å²) in [5.41, 5.74) is 1.62. The zero-order valence-electron chi connectivity index (χ0n) is 18.8. The van der Waals surface area contributed by atoms with Crippen molar-refractivity contribution in [3.8, 4) is 23.3 Å². The normalized spacial score (nSPS) is 10.9. The van der Waals surface area contributed by atoms with Crippen molar-refractivity contribution in [3.63, 3.8) is 0 Å². The summed E-state index contributed by atoms with van der Waals surface area (Å²) >= 11 is 0. The van der Waals surface area contributed by atoms with Crippen LogP contribution in [-0.2, 0) is 4.79 Å². The number of carbonyl (C=O) groups is 1. The van der Waals surface area contributed by atoms with E-state index in [4.69, 9.17) is 18.7 Å². The largest absolute Gasteiger partial charge is 0.493 e. The van der Waals surface area contributed by atoms with E-state index in [1.807, 2.05) is 37.3 Å². The van der Waals surface area contributed by atoms with Crippen molar-refractivity contribution in [1.82, 2.24) is 5.16 Å². The van der Waals surface area contributed by atoms with E-state index in [0.29, 0.717) is 42.5 Å². The molecule has 1 amide bonds. The monoisotopic (exact) mass is 447 g/mol. The van der Waals surface area contributed by atoms with Gasteiger partial charge in [-0.25, -0.2) is 0 Å². The number of hydrogen-bond donors (Lipinski definition) is 1. The Morgan fingerprint density at radius 2 is 1.85 bits per heavy atom. The van der Waals surface area contributed by atoms with Crippen LogP contribution in [0.2, 0.25) is 0 Å². The number of nitriles is 1. The third-order valence-electron chi connectivity index (χ3n) is 4.63. The Bertz CT molecular complexity index is 1180. The van der Waals surface area contributed by atoms with Gasteiger partial charge in [-0.2, -0.15) is 5.26 Å². The molecule has 1 aromatic heterocycles. The highest BCUT2D eigenvalue weighted by Crippen LogP contribution is 2.29. The lowest BCUT2D eigenvalue weighted by Crippen LogP contribution is -2.13. The Balaban J connectivity index is 1.58. The number of benzene rings is 2. The van der Waals surface area contributed by atoms with Gasteiger partial charge in [0.15, 0.2) is 17.3 Å². The first kappa shape index (κ1) is 23.4. The molecule has 0 atom stereocenters. The lowest BCUT2D eigenvalue weighted by molar-refractivity contribution is -0.112. The average Bonchev–Trinajstić information content (AvgIpc) is 3.23. The first-order valence-electron chi connectivity index (χ1n) is 10.4. The van der Waals surface area contributed by atoms with Gasteiger partial charge >= 0.3 is 0 Å². The van der Waals surface area contributed by atoms with Gasteiger partial charge in [0.2, 0.25) is 0 Å². The molecule has 8 heteroatoms. The molecule has 0 radical (unpaired) electrons. The molecular weight excluding hydrogens is 422 g/mol. The van der Waals surface area contributed by atoms with Crippen molar-refractivity contribution in [2.24, 2.45) is 0 Å². The summed E-state index contributed by atoms with van der Waals surface area (Å²) in [6, 6.07) is 16.5. The molecule has 2 aromatic carbocycles. The molecule has 1 N–H and O–H groups in total. The maximum absolute atomic E-state index is 12.4. The molecule has 0 unspecified atom stereocenters. The molecule has 8 nitrogen and oxygen atoms in total. The van der Waals surface area contributed by atoms with Crippen LogP contribution in [0.25, 0.3) is 6.08 Å². The number of rotatable bonds is 10. The van der Waals surface area contributed by atoms with E-state index in [9.17, 15) is 10.1 Å². The molecule has 0 aliphatic carbocycles. The zero-order valence-corrected chi connectivity index (χ0v) is 18.8. The summed E-state index contributed by atoms with van der Waals surface area (Å²) in [7, 11) is 1.53. The molecule has 0 saturated carbocycles. The van der Waals surface area contributed by atoms with Crippen molar-refractivity contribution in [2.45, 2.75) is 20.3 Å². The minimum absolute atomic E-state index is 0.0836. The molecule has 0 bridgehead atoms. The van der Waals surface area contributed by atoms with Crippen LogP contribution in [0.5, 0.6) is 17.2 Å². The molecule has 170 valence electrons. The third kappa shape index (κ3) is 6.61.